The van der Waals surface area contributed by atoms with Crippen molar-refractivity contribution in [2.45, 2.75) is 18.9 Å². The second kappa shape index (κ2) is 1.53. The maximum absolute atomic E-state index is 5.53. The topological polar surface area (TPSA) is 18.5 Å². The summed E-state index contributed by atoms with van der Waals surface area (Å²) in [6.45, 7) is 2.56. The van der Waals surface area contributed by atoms with Gasteiger partial charge in [-0.2, -0.15) is 0 Å². The van der Waals surface area contributed by atoms with E-state index in [-0.39, 0.29) is 5.60 Å². The zero-order valence-electron chi connectivity index (χ0n) is 6.46. The molecular formula is C9H10O2. The molecular weight excluding hydrogens is 140 g/mol. The van der Waals surface area contributed by atoms with Gasteiger partial charge in [0, 0.05) is 5.92 Å². The summed E-state index contributed by atoms with van der Waals surface area (Å²) in [7, 11) is 0. The van der Waals surface area contributed by atoms with Gasteiger partial charge in [-0.1, -0.05) is 11.6 Å². The summed E-state index contributed by atoms with van der Waals surface area (Å²) in [5.74, 6) is 1.66. The first kappa shape index (κ1) is 5.84. The van der Waals surface area contributed by atoms with Crippen molar-refractivity contribution in [2.24, 2.45) is 5.92 Å². The van der Waals surface area contributed by atoms with E-state index in [2.05, 4.69) is 19.1 Å². The quantitative estimate of drug-likeness (QED) is 0.522. The van der Waals surface area contributed by atoms with E-state index in [1.807, 2.05) is 0 Å². The predicted molar refractivity (Wildman–Crippen MR) is 39.7 cm³/mol. The fourth-order valence-electron chi connectivity index (χ4n) is 2.04. The molecule has 0 radical (unpaired) electrons. The second-order valence-corrected chi connectivity index (χ2v) is 3.53. The van der Waals surface area contributed by atoms with Crippen LogP contribution in [0.4, 0.5) is 0 Å². The van der Waals surface area contributed by atoms with Crippen LogP contribution in [0.2, 0.25) is 0 Å². The molecule has 0 N–H and O–H groups in total. The molecule has 58 valence electrons. The highest BCUT2D eigenvalue weighted by molar-refractivity contribution is 5.41. The van der Waals surface area contributed by atoms with Crippen molar-refractivity contribution in [1.82, 2.24) is 0 Å². The number of hydrogen-bond donors (Lipinski definition) is 0. The van der Waals surface area contributed by atoms with Crippen LogP contribution in [-0.4, -0.2) is 12.4 Å². The summed E-state index contributed by atoms with van der Waals surface area (Å²) >= 11 is 0. The molecule has 1 aliphatic heterocycles. The van der Waals surface area contributed by atoms with Crippen molar-refractivity contribution in [2.75, 3.05) is 6.79 Å². The normalized spacial score (nSPS) is 45.0. The van der Waals surface area contributed by atoms with Crippen LogP contribution in [0.1, 0.15) is 13.3 Å². The van der Waals surface area contributed by atoms with Gasteiger partial charge in [-0.15, -0.1) is 0 Å². The van der Waals surface area contributed by atoms with Gasteiger partial charge >= 0.3 is 0 Å². The summed E-state index contributed by atoms with van der Waals surface area (Å²) in [4.78, 5) is 0. The fourth-order valence-corrected chi connectivity index (χ4v) is 2.04. The lowest BCUT2D eigenvalue weighted by Gasteiger charge is -2.11. The molecule has 1 saturated carbocycles. The molecule has 0 amide bonds. The van der Waals surface area contributed by atoms with E-state index in [0.717, 1.165) is 12.2 Å². The van der Waals surface area contributed by atoms with Gasteiger partial charge in [-0.25, -0.2) is 0 Å². The van der Waals surface area contributed by atoms with E-state index in [1.54, 1.807) is 0 Å². The van der Waals surface area contributed by atoms with Crippen LogP contribution in [0.15, 0.2) is 23.5 Å². The van der Waals surface area contributed by atoms with Crippen molar-refractivity contribution < 1.29 is 9.47 Å². The average molecular weight is 150 g/mol. The third kappa shape index (κ3) is 0.566. The average Bonchev–Trinajstić information content (AvgIpc) is 2.49. The van der Waals surface area contributed by atoms with Crippen LogP contribution in [0, 0.1) is 5.92 Å². The Balaban J connectivity index is 2.10. The largest absolute Gasteiger partial charge is 0.469 e. The van der Waals surface area contributed by atoms with E-state index in [9.17, 15) is 0 Å². The van der Waals surface area contributed by atoms with Gasteiger partial charge in [0.2, 0.25) is 0 Å². The summed E-state index contributed by atoms with van der Waals surface area (Å²) < 4.78 is 10.9. The third-order valence-electron chi connectivity index (χ3n) is 2.73. The molecule has 2 heteroatoms. The second-order valence-electron chi connectivity index (χ2n) is 3.53. The molecule has 1 saturated heterocycles. The molecule has 11 heavy (non-hydrogen) atoms. The minimum atomic E-state index is -0.000486. The van der Waals surface area contributed by atoms with Gasteiger partial charge in [0.05, 0.1) is 0 Å². The molecule has 3 aliphatic rings. The van der Waals surface area contributed by atoms with Crippen LogP contribution >= 0.6 is 0 Å². The number of hydrogen-bond acceptors (Lipinski definition) is 2. The molecule has 1 spiro atoms. The van der Waals surface area contributed by atoms with E-state index in [0.29, 0.717) is 12.7 Å². The maximum atomic E-state index is 5.53. The Morgan fingerprint density at radius 1 is 1.64 bits per heavy atom. The molecule has 1 heterocycles. The van der Waals surface area contributed by atoms with Crippen LogP contribution in [0.5, 0.6) is 0 Å². The van der Waals surface area contributed by atoms with Gasteiger partial charge in [0.25, 0.3) is 0 Å². The van der Waals surface area contributed by atoms with Crippen LogP contribution in [0.25, 0.3) is 0 Å². The predicted octanol–water partition coefficient (Wildman–Crippen LogP) is 1.59. The molecule has 0 aromatic heterocycles. The monoisotopic (exact) mass is 150 g/mol. The lowest BCUT2D eigenvalue weighted by molar-refractivity contribution is 0.0363. The Morgan fingerprint density at radius 2 is 2.55 bits per heavy atom. The number of allylic oxidation sites excluding steroid dienone is 2. The Kier molecular flexibility index (Phi) is 0.812. The first-order valence-electron chi connectivity index (χ1n) is 3.99. The highest BCUT2D eigenvalue weighted by atomic mass is 16.7. The minimum Gasteiger partial charge on any atom is -0.469 e. The zero-order valence-corrected chi connectivity index (χ0v) is 6.46. The van der Waals surface area contributed by atoms with Gasteiger partial charge < -0.3 is 9.47 Å². The van der Waals surface area contributed by atoms with Gasteiger partial charge in [0.1, 0.15) is 11.4 Å². The fraction of sp³-hybridized carbons (Fsp3) is 0.556. The van der Waals surface area contributed by atoms with E-state index in [4.69, 9.17) is 9.47 Å². The molecule has 3 rings (SSSR count). The molecule has 0 bridgehead atoms. The van der Waals surface area contributed by atoms with Gasteiger partial charge in [-0.05, 0) is 19.4 Å². The Labute approximate surface area is 65.5 Å². The lowest BCUT2D eigenvalue weighted by Crippen LogP contribution is -2.14. The van der Waals surface area contributed by atoms with Crippen molar-refractivity contribution in [3.8, 4) is 0 Å². The van der Waals surface area contributed by atoms with E-state index >= 15 is 0 Å². The SMILES string of the molecule is CC1=CC2CC23OCOC3=C1. The molecule has 2 fully saturated rings. The minimum absolute atomic E-state index is 0.000486. The number of ether oxygens (including phenoxy) is 2. The Bertz CT molecular complexity index is 277. The van der Waals surface area contributed by atoms with E-state index < -0.39 is 0 Å². The summed E-state index contributed by atoms with van der Waals surface area (Å²) in [5, 5.41) is 0. The summed E-state index contributed by atoms with van der Waals surface area (Å²) in [6, 6.07) is 0. The van der Waals surface area contributed by atoms with Crippen LogP contribution in [0.3, 0.4) is 0 Å². The first-order valence-corrected chi connectivity index (χ1v) is 3.99. The van der Waals surface area contributed by atoms with Crippen molar-refractivity contribution >= 4 is 0 Å². The smallest absolute Gasteiger partial charge is 0.189 e. The summed E-state index contributed by atoms with van der Waals surface area (Å²) in [5.41, 5.74) is 1.31. The third-order valence-corrected chi connectivity index (χ3v) is 2.73. The van der Waals surface area contributed by atoms with Crippen molar-refractivity contribution in [1.29, 1.82) is 0 Å². The Hall–Kier alpha value is -0.760. The lowest BCUT2D eigenvalue weighted by atomic mass is 10.0. The van der Waals surface area contributed by atoms with Crippen LogP contribution < -0.4 is 0 Å². The van der Waals surface area contributed by atoms with Crippen molar-refractivity contribution in [3.63, 3.8) is 0 Å². The summed E-state index contributed by atoms with van der Waals surface area (Å²) in [6.07, 6.45) is 5.49. The first-order chi connectivity index (χ1) is 5.31. The molecule has 2 unspecified atom stereocenters. The molecule has 2 aliphatic carbocycles. The van der Waals surface area contributed by atoms with Crippen LogP contribution in [-0.2, 0) is 9.47 Å². The van der Waals surface area contributed by atoms with Gasteiger partial charge in [0.15, 0.2) is 6.79 Å². The Morgan fingerprint density at radius 3 is 3.45 bits per heavy atom. The molecule has 0 aromatic rings. The standard InChI is InChI=1S/C9H10O2/c1-6-2-7-4-9(7)8(3-6)10-5-11-9/h2-3,7H,4-5H2,1H3. The molecule has 2 atom stereocenters. The number of rotatable bonds is 0. The van der Waals surface area contributed by atoms with Gasteiger partial charge in [-0.3, -0.25) is 0 Å². The zero-order chi connectivity index (χ0) is 7.47. The highest BCUT2D eigenvalue weighted by Crippen LogP contribution is 2.58. The molecule has 0 aromatic carbocycles. The molecule has 2 nitrogen and oxygen atoms in total. The van der Waals surface area contributed by atoms with Crippen molar-refractivity contribution in [3.05, 3.63) is 23.5 Å². The highest BCUT2D eigenvalue weighted by Gasteiger charge is 2.62. The van der Waals surface area contributed by atoms with E-state index in [1.165, 1.54) is 5.57 Å². The maximum Gasteiger partial charge on any atom is 0.189 e.